The minimum absolute atomic E-state index is 0.0384. The standard InChI is InChI=1S/C16H22FN7O2/c1-16(2,3)26-15(18)20-7-8-24-10-13(22-23-24)14(25)21-9-12-11(17)5-4-6-19-12/h4-6,10H,7-9H2,1-3H3,(H2,18,20)(H,21,25). The van der Waals surface area contributed by atoms with Gasteiger partial charge in [0.15, 0.2) is 5.69 Å². The van der Waals surface area contributed by atoms with Gasteiger partial charge in [0, 0.05) is 6.20 Å². The lowest BCUT2D eigenvalue weighted by Crippen LogP contribution is -2.29. The fourth-order valence-corrected chi connectivity index (χ4v) is 1.92. The lowest BCUT2D eigenvalue weighted by molar-refractivity contribution is 0.0944. The third kappa shape index (κ3) is 6.11. The molecule has 0 spiro atoms. The molecule has 2 aromatic rings. The number of nitrogens with zero attached hydrogens (tertiary/aromatic N) is 5. The van der Waals surface area contributed by atoms with Crippen LogP contribution in [0.5, 0.6) is 0 Å². The summed E-state index contributed by atoms with van der Waals surface area (Å²) in [6.45, 7) is 6.27. The topological polar surface area (TPSA) is 120 Å². The number of amidine groups is 1. The molecule has 3 N–H and O–H groups in total. The van der Waals surface area contributed by atoms with Crippen LogP contribution in [0.4, 0.5) is 4.39 Å². The maximum atomic E-state index is 13.5. The first-order valence-corrected chi connectivity index (χ1v) is 8.01. The van der Waals surface area contributed by atoms with E-state index in [4.69, 9.17) is 10.5 Å². The van der Waals surface area contributed by atoms with E-state index in [2.05, 4.69) is 25.6 Å². The van der Waals surface area contributed by atoms with Crippen molar-refractivity contribution in [2.75, 3.05) is 6.54 Å². The quantitative estimate of drug-likeness (QED) is 0.580. The number of carbonyl (C=O) groups is 1. The summed E-state index contributed by atoms with van der Waals surface area (Å²) in [4.78, 5) is 20.0. The summed E-state index contributed by atoms with van der Waals surface area (Å²) < 4.78 is 20.3. The summed E-state index contributed by atoms with van der Waals surface area (Å²) in [7, 11) is 0. The molecule has 0 atom stereocenters. The zero-order valence-electron chi connectivity index (χ0n) is 14.9. The van der Waals surface area contributed by atoms with Gasteiger partial charge in [-0.3, -0.25) is 9.78 Å². The normalized spacial score (nSPS) is 12.1. The Morgan fingerprint density at radius 2 is 2.23 bits per heavy atom. The Morgan fingerprint density at radius 3 is 2.92 bits per heavy atom. The van der Waals surface area contributed by atoms with E-state index in [-0.39, 0.29) is 24.0 Å². The lowest BCUT2D eigenvalue weighted by atomic mass is 10.2. The number of carbonyl (C=O) groups excluding carboxylic acids is 1. The van der Waals surface area contributed by atoms with E-state index in [9.17, 15) is 9.18 Å². The van der Waals surface area contributed by atoms with Crippen molar-refractivity contribution in [3.05, 3.63) is 41.7 Å². The minimum Gasteiger partial charge on any atom is -0.460 e. The third-order valence-corrected chi connectivity index (χ3v) is 3.03. The molecule has 0 aromatic carbocycles. The van der Waals surface area contributed by atoms with E-state index >= 15 is 0 Å². The Kier molecular flexibility index (Phi) is 6.21. The number of hydrogen-bond acceptors (Lipinski definition) is 6. The number of aliphatic imine (C=N–C) groups is 1. The first-order chi connectivity index (χ1) is 12.2. The molecule has 2 rings (SSSR count). The van der Waals surface area contributed by atoms with Crippen LogP contribution >= 0.6 is 0 Å². The predicted octanol–water partition coefficient (Wildman–Crippen LogP) is 0.872. The second-order valence-corrected chi connectivity index (χ2v) is 6.42. The molecule has 2 aromatic heterocycles. The van der Waals surface area contributed by atoms with Crippen molar-refractivity contribution >= 4 is 11.9 Å². The molecule has 0 aliphatic rings. The number of nitrogens with one attached hydrogen (secondary N) is 1. The molecular weight excluding hydrogens is 341 g/mol. The van der Waals surface area contributed by atoms with Gasteiger partial charge >= 0.3 is 0 Å². The SMILES string of the molecule is CC(C)(C)OC(N)=NCCn1cc(C(=O)NCc2ncccc2F)nn1. The molecule has 9 nitrogen and oxygen atoms in total. The number of rotatable bonds is 6. The summed E-state index contributed by atoms with van der Waals surface area (Å²) in [6.07, 6.45) is 2.93. The van der Waals surface area contributed by atoms with Gasteiger partial charge in [-0.1, -0.05) is 5.21 Å². The Bertz CT molecular complexity index is 783. The molecule has 2 heterocycles. The average molecular weight is 363 g/mol. The smallest absolute Gasteiger partial charge is 0.282 e. The molecule has 140 valence electrons. The maximum absolute atomic E-state index is 13.5. The van der Waals surface area contributed by atoms with Crippen LogP contribution in [0, 0.1) is 5.82 Å². The molecule has 0 radical (unpaired) electrons. The third-order valence-electron chi connectivity index (χ3n) is 3.03. The van der Waals surface area contributed by atoms with E-state index < -0.39 is 17.3 Å². The van der Waals surface area contributed by atoms with E-state index in [0.717, 1.165) is 0 Å². The fourth-order valence-electron chi connectivity index (χ4n) is 1.92. The highest BCUT2D eigenvalue weighted by Crippen LogP contribution is 2.06. The van der Waals surface area contributed by atoms with Crippen molar-refractivity contribution in [3.8, 4) is 0 Å². The highest BCUT2D eigenvalue weighted by Gasteiger charge is 2.13. The van der Waals surface area contributed by atoms with Gasteiger partial charge in [0.1, 0.15) is 11.4 Å². The highest BCUT2D eigenvalue weighted by molar-refractivity contribution is 5.91. The second kappa shape index (κ2) is 8.37. The molecule has 0 saturated carbocycles. The molecule has 0 bridgehead atoms. The predicted molar refractivity (Wildman–Crippen MR) is 92.7 cm³/mol. The Morgan fingerprint density at radius 1 is 1.46 bits per heavy atom. The van der Waals surface area contributed by atoms with Gasteiger partial charge in [0.2, 0.25) is 0 Å². The van der Waals surface area contributed by atoms with Crippen LogP contribution in [0.2, 0.25) is 0 Å². The lowest BCUT2D eigenvalue weighted by Gasteiger charge is -2.19. The Balaban J connectivity index is 1.84. The summed E-state index contributed by atoms with van der Waals surface area (Å²) >= 11 is 0. The van der Waals surface area contributed by atoms with E-state index in [0.29, 0.717) is 13.1 Å². The van der Waals surface area contributed by atoms with Gasteiger partial charge in [0.05, 0.1) is 31.5 Å². The van der Waals surface area contributed by atoms with Crippen LogP contribution in [0.15, 0.2) is 29.5 Å². The number of ether oxygens (including phenoxy) is 1. The fraction of sp³-hybridized carbons (Fsp3) is 0.438. The summed E-state index contributed by atoms with van der Waals surface area (Å²) in [5, 5.41) is 10.2. The molecule has 0 fully saturated rings. The molecule has 1 amide bonds. The number of pyridine rings is 1. The number of aromatic nitrogens is 4. The van der Waals surface area contributed by atoms with Crippen molar-refractivity contribution in [2.45, 2.75) is 39.5 Å². The monoisotopic (exact) mass is 363 g/mol. The van der Waals surface area contributed by atoms with Crippen molar-refractivity contribution in [1.82, 2.24) is 25.3 Å². The van der Waals surface area contributed by atoms with Crippen LogP contribution in [0.1, 0.15) is 37.0 Å². The van der Waals surface area contributed by atoms with E-state index in [1.807, 2.05) is 20.8 Å². The van der Waals surface area contributed by atoms with Crippen molar-refractivity contribution in [3.63, 3.8) is 0 Å². The zero-order chi connectivity index (χ0) is 19.2. The first-order valence-electron chi connectivity index (χ1n) is 8.01. The zero-order valence-corrected chi connectivity index (χ0v) is 14.9. The summed E-state index contributed by atoms with van der Waals surface area (Å²) in [6, 6.07) is 2.85. The van der Waals surface area contributed by atoms with Crippen LogP contribution < -0.4 is 11.1 Å². The number of halogens is 1. The number of hydrogen-bond donors (Lipinski definition) is 2. The molecule has 0 aliphatic heterocycles. The first kappa shape index (κ1) is 19.3. The minimum atomic E-state index is -0.482. The largest absolute Gasteiger partial charge is 0.460 e. The van der Waals surface area contributed by atoms with Gasteiger partial charge in [-0.15, -0.1) is 5.10 Å². The maximum Gasteiger partial charge on any atom is 0.282 e. The van der Waals surface area contributed by atoms with Gasteiger partial charge in [0.25, 0.3) is 11.9 Å². The number of amides is 1. The van der Waals surface area contributed by atoms with Crippen LogP contribution in [-0.4, -0.2) is 44.1 Å². The molecule has 26 heavy (non-hydrogen) atoms. The van der Waals surface area contributed by atoms with Crippen molar-refractivity contribution < 1.29 is 13.9 Å². The molecule has 0 saturated heterocycles. The second-order valence-electron chi connectivity index (χ2n) is 6.42. The van der Waals surface area contributed by atoms with Crippen LogP contribution in [-0.2, 0) is 17.8 Å². The molecule has 0 unspecified atom stereocenters. The number of nitrogens with two attached hydrogens (primary N) is 1. The summed E-state index contributed by atoms with van der Waals surface area (Å²) in [5.74, 6) is -0.954. The Hall–Kier alpha value is -3.04. The van der Waals surface area contributed by atoms with Gasteiger partial charge in [-0.05, 0) is 32.9 Å². The van der Waals surface area contributed by atoms with Crippen LogP contribution in [0.3, 0.4) is 0 Å². The molecule has 0 aliphatic carbocycles. The molecule has 10 heteroatoms. The van der Waals surface area contributed by atoms with Crippen molar-refractivity contribution in [2.24, 2.45) is 10.7 Å². The van der Waals surface area contributed by atoms with Crippen molar-refractivity contribution in [1.29, 1.82) is 0 Å². The van der Waals surface area contributed by atoms with Gasteiger partial charge < -0.3 is 15.8 Å². The summed E-state index contributed by atoms with van der Waals surface area (Å²) in [5.41, 5.74) is 5.51. The average Bonchev–Trinajstić information content (AvgIpc) is 3.01. The molecular formula is C16H22FN7O2. The van der Waals surface area contributed by atoms with Gasteiger partial charge in [-0.2, -0.15) is 0 Å². The van der Waals surface area contributed by atoms with Gasteiger partial charge in [-0.25, -0.2) is 14.1 Å². The van der Waals surface area contributed by atoms with E-state index in [1.54, 1.807) is 0 Å². The highest BCUT2D eigenvalue weighted by atomic mass is 19.1. The Labute approximate surface area is 150 Å². The van der Waals surface area contributed by atoms with E-state index in [1.165, 1.54) is 29.2 Å². The van der Waals surface area contributed by atoms with Crippen LogP contribution in [0.25, 0.3) is 0 Å².